The van der Waals surface area contributed by atoms with Crippen LogP contribution in [0.3, 0.4) is 0 Å². The number of halogens is 2. The summed E-state index contributed by atoms with van der Waals surface area (Å²) >= 11 is 3.36. The minimum atomic E-state index is -3.40. The van der Waals surface area contributed by atoms with Crippen LogP contribution in [0.25, 0.3) is 0 Å². The summed E-state index contributed by atoms with van der Waals surface area (Å²) in [4.78, 5) is 0.0916. The number of hydrogen-bond acceptors (Lipinski definition) is 3. The van der Waals surface area contributed by atoms with Crippen molar-refractivity contribution in [3.63, 3.8) is 0 Å². The Kier molecular flexibility index (Phi) is 4.45. The molecule has 0 aliphatic rings. The standard InChI is InChI=1S/C14H13BrFNO2S/c1-20(18,19)14-6-5-12(16)8-13(14)17-9-10-3-2-4-11(15)7-10/h2-8,17H,9H2,1H3. The van der Waals surface area contributed by atoms with E-state index in [1.165, 1.54) is 12.1 Å². The Morgan fingerprint density at radius 2 is 1.95 bits per heavy atom. The van der Waals surface area contributed by atoms with Gasteiger partial charge in [0.2, 0.25) is 0 Å². The van der Waals surface area contributed by atoms with Crippen molar-refractivity contribution in [3.8, 4) is 0 Å². The van der Waals surface area contributed by atoms with Gasteiger partial charge < -0.3 is 5.32 Å². The van der Waals surface area contributed by atoms with Crippen LogP contribution in [-0.4, -0.2) is 14.7 Å². The minimum absolute atomic E-state index is 0.0916. The fourth-order valence-corrected chi connectivity index (χ4v) is 3.10. The van der Waals surface area contributed by atoms with Crippen molar-refractivity contribution in [2.75, 3.05) is 11.6 Å². The molecule has 0 spiro atoms. The number of nitrogens with one attached hydrogen (secondary N) is 1. The van der Waals surface area contributed by atoms with E-state index in [0.717, 1.165) is 22.4 Å². The molecule has 6 heteroatoms. The van der Waals surface area contributed by atoms with Crippen LogP contribution in [-0.2, 0) is 16.4 Å². The third kappa shape index (κ3) is 3.80. The Balaban J connectivity index is 2.27. The molecule has 0 bridgehead atoms. The van der Waals surface area contributed by atoms with Crippen molar-refractivity contribution >= 4 is 31.5 Å². The van der Waals surface area contributed by atoms with Gasteiger partial charge in [-0.3, -0.25) is 0 Å². The second-order valence-corrected chi connectivity index (χ2v) is 7.30. The Hall–Kier alpha value is -1.40. The van der Waals surface area contributed by atoms with Crippen LogP contribution < -0.4 is 5.32 Å². The Morgan fingerprint density at radius 3 is 2.60 bits per heavy atom. The molecular formula is C14H13BrFNO2S. The first-order valence-electron chi connectivity index (χ1n) is 5.84. The molecule has 0 heterocycles. The first-order valence-corrected chi connectivity index (χ1v) is 8.52. The average Bonchev–Trinajstić information content (AvgIpc) is 2.35. The monoisotopic (exact) mass is 357 g/mol. The Labute approximate surface area is 125 Å². The van der Waals surface area contributed by atoms with Gasteiger partial charge in [-0.1, -0.05) is 28.1 Å². The van der Waals surface area contributed by atoms with Crippen LogP contribution in [0.15, 0.2) is 51.8 Å². The topological polar surface area (TPSA) is 46.2 Å². The predicted molar refractivity (Wildman–Crippen MR) is 81.0 cm³/mol. The van der Waals surface area contributed by atoms with Gasteiger partial charge in [0.1, 0.15) is 5.82 Å². The van der Waals surface area contributed by atoms with Crippen LogP contribution in [0, 0.1) is 5.82 Å². The van der Waals surface area contributed by atoms with Crippen LogP contribution in [0.5, 0.6) is 0 Å². The SMILES string of the molecule is CS(=O)(=O)c1ccc(F)cc1NCc1cccc(Br)c1. The largest absolute Gasteiger partial charge is 0.380 e. The van der Waals surface area contributed by atoms with Crippen LogP contribution >= 0.6 is 15.9 Å². The molecule has 0 fully saturated rings. The van der Waals surface area contributed by atoms with Gasteiger partial charge in [-0.05, 0) is 35.9 Å². The van der Waals surface area contributed by atoms with Crippen molar-refractivity contribution in [2.45, 2.75) is 11.4 Å². The quantitative estimate of drug-likeness (QED) is 0.850. The second-order valence-electron chi connectivity index (χ2n) is 4.40. The lowest BCUT2D eigenvalue weighted by atomic mass is 10.2. The van der Waals surface area contributed by atoms with Gasteiger partial charge in [0.05, 0.1) is 10.6 Å². The zero-order chi connectivity index (χ0) is 14.8. The maximum absolute atomic E-state index is 13.3. The molecule has 2 aromatic rings. The summed E-state index contributed by atoms with van der Waals surface area (Å²) in [6, 6.07) is 11.2. The summed E-state index contributed by atoms with van der Waals surface area (Å²) in [5.74, 6) is -0.478. The molecule has 2 aromatic carbocycles. The van der Waals surface area contributed by atoms with Crippen molar-refractivity contribution in [3.05, 3.63) is 58.3 Å². The van der Waals surface area contributed by atoms with E-state index in [2.05, 4.69) is 21.2 Å². The van der Waals surface area contributed by atoms with Crippen LogP contribution in [0.4, 0.5) is 10.1 Å². The molecule has 20 heavy (non-hydrogen) atoms. The third-order valence-corrected chi connectivity index (χ3v) is 4.36. The Bertz CT molecular complexity index is 732. The smallest absolute Gasteiger partial charge is 0.177 e. The number of anilines is 1. The predicted octanol–water partition coefficient (Wildman–Crippen LogP) is 3.60. The van der Waals surface area contributed by atoms with Gasteiger partial charge in [0.25, 0.3) is 0 Å². The highest BCUT2D eigenvalue weighted by atomic mass is 79.9. The minimum Gasteiger partial charge on any atom is -0.380 e. The van der Waals surface area contributed by atoms with E-state index in [4.69, 9.17) is 0 Å². The number of rotatable bonds is 4. The summed E-state index contributed by atoms with van der Waals surface area (Å²) in [5, 5.41) is 2.96. The Morgan fingerprint density at radius 1 is 1.20 bits per heavy atom. The third-order valence-electron chi connectivity index (χ3n) is 2.71. The van der Waals surface area contributed by atoms with E-state index >= 15 is 0 Å². The zero-order valence-corrected chi connectivity index (χ0v) is 13.1. The molecule has 0 unspecified atom stereocenters. The highest BCUT2D eigenvalue weighted by molar-refractivity contribution is 9.10. The molecule has 0 saturated carbocycles. The van der Waals surface area contributed by atoms with Crippen molar-refractivity contribution < 1.29 is 12.8 Å². The molecule has 0 radical (unpaired) electrons. The van der Waals surface area contributed by atoms with E-state index in [0.29, 0.717) is 6.54 Å². The fourth-order valence-electron chi connectivity index (χ4n) is 1.81. The number of benzene rings is 2. The molecule has 1 N–H and O–H groups in total. The lowest BCUT2D eigenvalue weighted by molar-refractivity contribution is 0.600. The first kappa shape index (κ1) is 15.0. The highest BCUT2D eigenvalue weighted by Gasteiger charge is 2.13. The van der Waals surface area contributed by atoms with E-state index < -0.39 is 15.7 Å². The summed E-state index contributed by atoms with van der Waals surface area (Å²) in [5.41, 5.74) is 1.23. The molecule has 2 rings (SSSR count). The van der Waals surface area contributed by atoms with Gasteiger partial charge in [0, 0.05) is 17.3 Å². The summed E-state index contributed by atoms with van der Waals surface area (Å²) < 4.78 is 37.5. The molecular weight excluding hydrogens is 345 g/mol. The van der Waals surface area contributed by atoms with Crippen LogP contribution in [0.2, 0.25) is 0 Å². The van der Waals surface area contributed by atoms with Gasteiger partial charge in [0.15, 0.2) is 9.84 Å². The summed E-state index contributed by atoms with van der Waals surface area (Å²) in [7, 11) is -3.40. The lowest BCUT2D eigenvalue weighted by Crippen LogP contribution is -2.06. The molecule has 0 saturated heterocycles. The number of hydrogen-bond donors (Lipinski definition) is 1. The van der Waals surface area contributed by atoms with Crippen molar-refractivity contribution in [1.29, 1.82) is 0 Å². The second kappa shape index (κ2) is 5.93. The normalized spacial score (nSPS) is 11.3. The maximum Gasteiger partial charge on any atom is 0.177 e. The molecule has 0 aliphatic heterocycles. The van der Waals surface area contributed by atoms with E-state index in [-0.39, 0.29) is 10.6 Å². The fraction of sp³-hybridized carbons (Fsp3) is 0.143. The maximum atomic E-state index is 13.3. The van der Waals surface area contributed by atoms with Crippen molar-refractivity contribution in [2.24, 2.45) is 0 Å². The van der Waals surface area contributed by atoms with E-state index in [1.807, 2.05) is 24.3 Å². The highest BCUT2D eigenvalue weighted by Crippen LogP contribution is 2.23. The van der Waals surface area contributed by atoms with E-state index in [9.17, 15) is 12.8 Å². The van der Waals surface area contributed by atoms with Gasteiger partial charge in [-0.2, -0.15) is 0 Å². The van der Waals surface area contributed by atoms with Gasteiger partial charge in [-0.15, -0.1) is 0 Å². The molecule has 0 aromatic heterocycles. The van der Waals surface area contributed by atoms with E-state index in [1.54, 1.807) is 0 Å². The molecule has 0 amide bonds. The average molecular weight is 358 g/mol. The molecule has 3 nitrogen and oxygen atoms in total. The molecule has 106 valence electrons. The number of sulfone groups is 1. The molecule has 0 atom stereocenters. The zero-order valence-electron chi connectivity index (χ0n) is 10.7. The van der Waals surface area contributed by atoms with Gasteiger partial charge in [-0.25, -0.2) is 12.8 Å². The first-order chi connectivity index (χ1) is 9.36. The lowest BCUT2D eigenvalue weighted by Gasteiger charge is -2.11. The summed E-state index contributed by atoms with van der Waals surface area (Å²) in [6.45, 7) is 0.408. The molecule has 0 aliphatic carbocycles. The van der Waals surface area contributed by atoms with Gasteiger partial charge >= 0.3 is 0 Å². The van der Waals surface area contributed by atoms with Crippen LogP contribution in [0.1, 0.15) is 5.56 Å². The summed E-state index contributed by atoms with van der Waals surface area (Å²) in [6.07, 6.45) is 1.10. The van der Waals surface area contributed by atoms with Crippen molar-refractivity contribution in [1.82, 2.24) is 0 Å².